The van der Waals surface area contributed by atoms with Crippen molar-refractivity contribution in [3.8, 4) is 0 Å². The van der Waals surface area contributed by atoms with Crippen molar-refractivity contribution in [3.63, 3.8) is 0 Å². The number of carbonyl (C=O) groups is 1. The molecule has 0 radical (unpaired) electrons. The third-order valence-corrected chi connectivity index (χ3v) is 9.83. The van der Waals surface area contributed by atoms with Gasteiger partial charge in [0, 0.05) is 0 Å². The molecule has 4 saturated carbocycles. The first-order chi connectivity index (χ1) is 11.9. The second-order valence-electron chi connectivity index (χ2n) is 10.4. The molecule has 0 aromatic heterocycles. The van der Waals surface area contributed by atoms with E-state index in [0.29, 0.717) is 16.7 Å². The van der Waals surface area contributed by atoms with Crippen molar-refractivity contribution in [2.75, 3.05) is 7.11 Å². The van der Waals surface area contributed by atoms with Gasteiger partial charge >= 0.3 is 5.97 Å². The van der Waals surface area contributed by atoms with Crippen molar-refractivity contribution in [1.29, 1.82) is 0 Å². The molecule has 0 N–H and O–H groups in total. The quantitative estimate of drug-likeness (QED) is 0.587. The molecule has 4 aliphatic carbocycles. The Kier molecular flexibility index (Phi) is 4.48. The number of rotatable bonds is 2. The Morgan fingerprint density at radius 1 is 0.920 bits per heavy atom. The van der Waals surface area contributed by atoms with Gasteiger partial charge in [-0.05, 0) is 91.8 Å². The summed E-state index contributed by atoms with van der Waals surface area (Å²) in [4.78, 5) is 12.2. The van der Waals surface area contributed by atoms with Gasteiger partial charge in [-0.3, -0.25) is 4.79 Å². The van der Waals surface area contributed by atoms with Crippen LogP contribution in [0.1, 0.15) is 85.0 Å². The fourth-order valence-corrected chi connectivity index (χ4v) is 8.51. The third-order valence-electron chi connectivity index (χ3n) is 9.83. The van der Waals surface area contributed by atoms with Crippen molar-refractivity contribution in [2.24, 2.45) is 46.3 Å². The number of carbonyl (C=O) groups excluding carboxylic acids is 1. The average molecular weight is 347 g/mol. The predicted molar refractivity (Wildman–Crippen MR) is 101 cm³/mol. The Morgan fingerprint density at radius 3 is 2.44 bits per heavy atom. The number of hydrogen-bond acceptors (Lipinski definition) is 2. The van der Waals surface area contributed by atoms with Crippen LogP contribution in [0.4, 0.5) is 0 Å². The Bertz CT molecular complexity index is 528. The smallest absolute Gasteiger partial charge is 0.308 e. The Balaban J connectivity index is 1.58. The van der Waals surface area contributed by atoms with Gasteiger partial charge in [0.1, 0.15) is 0 Å². The highest BCUT2D eigenvalue weighted by atomic mass is 16.5. The summed E-state index contributed by atoms with van der Waals surface area (Å²) in [6.07, 6.45) is 14.2. The van der Waals surface area contributed by atoms with Crippen molar-refractivity contribution >= 4 is 5.97 Å². The van der Waals surface area contributed by atoms with Crippen LogP contribution < -0.4 is 0 Å². The SMILES string of the molecule is COC(=O)[C@@H](C)[C@@H]1CC[C@@H]2[C@H]3CC[C@H]4CCCC[C@]4(C)[C@@H]3CC[C@]21C. The van der Waals surface area contributed by atoms with E-state index in [0.717, 1.165) is 23.7 Å². The highest BCUT2D eigenvalue weighted by molar-refractivity contribution is 5.72. The summed E-state index contributed by atoms with van der Waals surface area (Å²) < 4.78 is 5.10. The van der Waals surface area contributed by atoms with Crippen LogP contribution in [0.2, 0.25) is 0 Å². The summed E-state index contributed by atoms with van der Waals surface area (Å²) in [5, 5.41) is 0. The molecule has 0 aliphatic heterocycles. The molecule has 0 amide bonds. The molecule has 2 nitrogen and oxygen atoms in total. The standard InChI is InChI=1S/C23H38O2/c1-15(21(24)25-4)18-10-11-19-17-9-8-16-7-5-6-13-22(16,2)20(17)12-14-23(18,19)3/h15-20H,5-14H2,1-4H3/t15-,16+,17+,18-,19+,20+,22-,23-/m0/s1. The lowest BCUT2D eigenvalue weighted by Gasteiger charge is -2.60. The molecular weight excluding hydrogens is 308 g/mol. The van der Waals surface area contributed by atoms with Crippen molar-refractivity contribution < 1.29 is 9.53 Å². The molecule has 4 aliphatic rings. The van der Waals surface area contributed by atoms with E-state index >= 15 is 0 Å². The number of esters is 1. The van der Waals surface area contributed by atoms with E-state index in [1.807, 2.05) is 0 Å². The van der Waals surface area contributed by atoms with Gasteiger partial charge in [0.15, 0.2) is 0 Å². The maximum absolute atomic E-state index is 12.2. The lowest BCUT2D eigenvalue weighted by molar-refractivity contribution is -0.151. The normalized spacial score (nSPS) is 50.3. The number of methoxy groups -OCH3 is 1. The van der Waals surface area contributed by atoms with Crippen LogP contribution >= 0.6 is 0 Å². The Morgan fingerprint density at radius 2 is 1.68 bits per heavy atom. The highest BCUT2D eigenvalue weighted by Crippen LogP contribution is 2.68. The summed E-state index contributed by atoms with van der Waals surface area (Å²) >= 11 is 0. The minimum absolute atomic E-state index is 0.0111. The number of fused-ring (bicyclic) bond motifs is 5. The Hall–Kier alpha value is -0.530. The van der Waals surface area contributed by atoms with Crippen LogP contribution in [0.25, 0.3) is 0 Å². The molecule has 0 unspecified atom stereocenters. The van der Waals surface area contributed by atoms with Crippen LogP contribution in [0.15, 0.2) is 0 Å². The van der Waals surface area contributed by atoms with Crippen LogP contribution in [0.5, 0.6) is 0 Å². The van der Waals surface area contributed by atoms with E-state index in [2.05, 4.69) is 20.8 Å². The summed E-state index contributed by atoms with van der Waals surface area (Å²) in [5.41, 5.74) is 0.987. The van der Waals surface area contributed by atoms with Crippen molar-refractivity contribution in [2.45, 2.75) is 85.0 Å². The molecule has 0 aromatic carbocycles. The van der Waals surface area contributed by atoms with Gasteiger partial charge in [0.2, 0.25) is 0 Å². The maximum Gasteiger partial charge on any atom is 0.308 e. The number of ether oxygens (including phenoxy) is 1. The van der Waals surface area contributed by atoms with E-state index < -0.39 is 0 Å². The second kappa shape index (κ2) is 6.27. The zero-order chi connectivity index (χ0) is 17.8. The summed E-state index contributed by atoms with van der Waals surface area (Å²) in [5.74, 6) is 4.34. The van der Waals surface area contributed by atoms with E-state index in [1.54, 1.807) is 7.11 Å². The van der Waals surface area contributed by atoms with Crippen molar-refractivity contribution in [3.05, 3.63) is 0 Å². The fourth-order valence-electron chi connectivity index (χ4n) is 8.51. The first-order valence-corrected chi connectivity index (χ1v) is 11.0. The minimum Gasteiger partial charge on any atom is -0.469 e. The van der Waals surface area contributed by atoms with Crippen LogP contribution in [-0.4, -0.2) is 13.1 Å². The zero-order valence-corrected chi connectivity index (χ0v) is 16.9. The van der Waals surface area contributed by atoms with Gasteiger partial charge in [-0.15, -0.1) is 0 Å². The van der Waals surface area contributed by atoms with Gasteiger partial charge in [0.25, 0.3) is 0 Å². The third kappa shape index (κ3) is 2.52. The van der Waals surface area contributed by atoms with Crippen LogP contribution in [-0.2, 0) is 9.53 Å². The summed E-state index contributed by atoms with van der Waals surface area (Å²) in [6.45, 7) is 7.30. The van der Waals surface area contributed by atoms with Gasteiger partial charge < -0.3 is 4.74 Å². The van der Waals surface area contributed by atoms with E-state index in [-0.39, 0.29) is 11.9 Å². The lowest BCUT2D eigenvalue weighted by Crippen LogP contribution is -2.53. The topological polar surface area (TPSA) is 26.3 Å². The van der Waals surface area contributed by atoms with E-state index in [9.17, 15) is 4.79 Å². The summed E-state index contributed by atoms with van der Waals surface area (Å²) in [6, 6.07) is 0. The molecule has 0 saturated heterocycles. The molecule has 0 heterocycles. The summed E-state index contributed by atoms with van der Waals surface area (Å²) in [7, 11) is 1.55. The second-order valence-corrected chi connectivity index (χ2v) is 10.4. The fraction of sp³-hybridized carbons (Fsp3) is 0.957. The minimum atomic E-state index is 0.0111. The largest absolute Gasteiger partial charge is 0.469 e. The molecule has 2 heteroatoms. The number of hydrogen-bond donors (Lipinski definition) is 0. The first-order valence-electron chi connectivity index (χ1n) is 11.0. The first kappa shape index (κ1) is 17.9. The molecule has 0 spiro atoms. The van der Waals surface area contributed by atoms with Gasteiger partial charge in [-0.25, -0.2) is 0 Å². The van der Waals surface area contributed by atoms with Crippen LogP contribution in [0.3, 0.4) is 0 Å². The molecular formula is C23H38O2. The molecule has 4 fully saturated rings. The van der Waals surface area contributed by atoms with Gasteiger partial charge in [-0.2, -0.15) is 0 Å². The lowest BCUT2D eigenvalue weighted by atomic mass is 9.44. The predicted octanol–water partition coefficient (Wildman–Crippen LogP) is 5.84. The zero-order valence-electron chi connectivity index (χ0n) is 16.9. The molecule has 25 heavy (non-hydrogen) atoms. The van der Waals surface area contributed by atoms with E-state index in [1.165, 1.54) is 64.2 Å². The molecule has 4 rings (SSSR count). The monoisotopic (exact) mass is 346 g/mol. The molecule has 0 aromatic rings. The van der Waals surface area contributed by atoms with E-state index in [4.69, 9.17) is 4.74 Å². The molecule has 0 bridgehead atoms. The van der Waals surface area contributed by atoms with Crippen molar-refractivity contribution in [1.82, 2.24) is 0 Å². The van der Waals surface area contributed by atoms with Gasteiger partial charge in [-0.1, -0.05) is 33.6 Å². The van der Waals surface area contributed by atoms with Crippen LogP contribution in [0, 0.1) is 46.3 Å². The average Bonchev–Trinajstić information content (AvgIpc) is 2.97. The maximum atomic E-state index is 12.2. The Labute approximate surface area is 154 Å². The van der Waals surface area contributed by atoms with Gasteiger partial charge in [0.05, 0.1) is 13.0 Å². The molecule has 142 valence electrons. The highest BCUT2D eigenvalue weighted by Gasteiger charge is 2.60. The molecule has 8 atom stereocenters.